The predicted octanol–water partition coefficient (Wildman–Crippen LogP) is 8.57. The lowest BCUT2D eigenvalue weighted by Crippen LogP contribution is -2.05. The summed E-state index contributed by atoms with van der Waals surface area (Å²) in [5.74, 6) is 1.69. The van der Waals surface area contributed by atoms with Crippen molar-refractivity contribution in [1.29, 1.82) is 0 Å². The summed E-state index contributed by atoms with van der Waals surface area (Å²) in [6.45, 7) is 7.92. The fourth-order valence-electron chi connectivity index (χ4n) is 3.71. The molecule has 1 aliphatic carbocycles. The fourth-order valence-corrected chi connectivity index (χ4v) is 3.77. The van der Waals surface area contributed by atoms with Gasteiger partial charge < -0.3 is 5.11 Å². The molecule has 5 heteroatoms. The molecule has 1 aliphatic rings. The lowest BCUT2D eigenvalue weighted by Gasteiger charge is -2.10. The molecule has 1 aromatic carbocycles. The van der Waals surface area contributed by atoms with Crippen LogP contribution in [0.1, 0.15) is 78.2 Å². The molecule has 0 saturated heterocycles. The van der Waals surface area contributed by atoms with Crippen LogP contribution in [0.3, 0.4) is 0 Å². The zero-order chi connectivity index (χ0) is 26.2. The van der Waals surface area contributed by atoms with Crippen molar-refractivity contribution >= 4 is 23.3 Å². The quantitative estimate of drug-likeness (QED) is 0.200. The van der Waals surface area contributed by atoms with Crippen molar-refractivity contribution in [3.63, 3.8) is 0 Å². The minimum absolute atomic E-state index is 0.0335. The van der Waals surface area contributed by atoms with E-state index in [2.05, 4.69) is 23.9 Å². The van der Waals surface area contributed by atoms with Crippen molar-refractivity contribution in [3.8, 4) is 12.3 Å². The first kappa shape index (κ1) is 30.1. The standard InChI is InChI=1S/C22H28ClNO2.C8H9F/c1-5-8-19(15-24-20(6-2)14-22(25)26)21-10-7-9-18(21)13-16(3)11-12-17(4)23;1-2-7-3-5-8(9)6-4-7/h1,11-12,15H,6-10,13-14H2,2-4H3,(H,25,26);3-6H,2H2,1H3/b16-11-,17-12+,19-15+,24-20?;. The summed E-state index contributed by atoms with van der Waals surface area (Å²) in [4.78, 5) is 15.3. The summed E-state index contributed by atoms with van der Waals surface area (Å²) in [5.41, 5.74) is 6.81. The molecular weight excluding hydrogens is 461 g/mol. The van der Waals surface area contributed by atoms with E-state index in [0.717, 1.165) is 42.7 Å². The second-order valence-electron chi connectivity index (χ2n) is 8.51. The van der Waals surface area contributed by atoms with Gasteiger partial charge >= 0.3 is 5.97 Å². The minimum Gasteiger partial charge on any atom is -0.481 e. The van der Waals surface area contributed by atoms with Crippen molar-refractivity contribution in [2.45, 2.75) is 79.1 Å². The summed E-state index contributed by atoms with van der Waals surface area (Å²) in [5, 5.41) is 9.72. The van der Waals surface area contributed by atoms with Crippen LogP contribution in [0.25, 0.3) is 0 Å². The molecule has 35 heavy (non-hydrogen) atoms. The Morgan fingerprint density at radius 1 is 1.20 bits per heavy atom. The monoisotopic (exact) mass is 497 g/mol. The van der Waals surface area contributed by atoms with Gasteiger partial charge in [-0.3, -0.25) is 9.79 Å². The van der Waals surface area contributed by atoms with Gasteiger partial charge in [-0.1, -0.05) is 54.8 Å². The molecule has 1 N–H and O–H groups in total. The molecule has 0 atom stereocenters. The lowest BCUT2D eigenvalue weighted by atomic mass is 9.96. The number of hydrogen-bond acceptors (Lipinski definition) is 2. The first-order valence-corrected chi connectivity index (χ1v) is 12.4. The summed E-state index contributed by atoms with van der Waals surface area (Å²) in [6, 6.07) is 6.57. The van der Waals surface area contributed by atoms with Crippen molar-refractivity contribution in [3.05, 3.63) is 81.3 Å². The van der Waals surface area contributed by atoms with E-state index in [-0.39, 0.29) is 12.2 Å². The number of carbonyl (C=O) groups is 1. The van der Waals surface area contributed by atoms with E-state index in [0.29, 0.717) is 18.6 Å². The van der Waals surface area contributed by atoms with Crippen molar-refractivity contribution < 1.29 is 14.3 Å². The Bertz CT molecular complexity index is 1030. The third-order valence-electron chi connectivity index (χ3n) is 5.59. The third kappa shape index (κ3) is 12.4. The highest BCUT2D eigenvalue weighted by Crippen LogP contribution is 2.36. The first-order valence-electron chi connectivity index (χ1n) is 12.0. The number of benzene rings is 1. The SMILES string of the molecule is C#CC/C(=C\N=C(CC)CC(=O)O)C1=C(C/C(C)=C\C=C(/C)Cl)CCC1.CCc1ccc(F)cc1. The summed E-state index contributed by atoms with van der Waals surface area (Å²) in [7, 11) is 0. The number of allylic oxidation sites excluding steroid dienone is 7. The Hall–Kier alpha value is -2.90. The molecule has 2 rings (SSSR count). The van der Waals surface area contributed by atoms with Gasteiger partial charge in [0.05, 0.1) is 6.42 Å². The van der Waals surface area contributed by atoms with Crippen molar-refractivity contribution in [2.75, 3.05) is 0 Å². The van der Waals surface area contributed by atoms with Crippen LogP contribution in [0.2, 0.25) is 0 Å². The van der Waals surface area contributed by atoms with Crippen LogP contribution >= 0.6 is 11.6 Å². The van der Waals surface area contributed by atoms with E-state index >= 15 is 0 Å². The van der Waals surface area contributed by atoms with Gasteiger partial charge in [-0.15, -0.1) is 12.3 Å². The van der Waals surface area contributed by atoms with Crippen LogP contribution < -0.4 is 0 Å². The van der Waals surface area contributed by atoms with Crippen LogP contribution in [-0.4, -0.2) is 16.8 Å². The number of carboxylic acid groups (broad SMARTS) is 1. The van der Waals surface area contributed by atoms with E-state index in [4.69, 9.17) is 23.1 Å². The van der Waals surface area contributed by atoms with Crippen LogP contribution in [0.4, 0.5) is 4.39 Å². The number of hydrogen-bond donors (Lipinski definition) is 1. The zero-order valence-electron chi connectivity index (χ0n) is 21.3. The van der Waals surface area contributed by atoms with E-state index in [1.54, 1.807) is 18.3 Å². The molecule has 3 nitrogen and oxygen atoms in total. The highest BCUT2D eigenvalue weighted by molar-refractivity contribution is 6.29. The maximum absolute atomic E-state index is 12.2. The third-order valence-corrected chi connectivity index (χ3v) is 5.72. The van der Waals surface area contributed by atoms with Gasteiger partial charge in [-0.05, 0) is 87.3 Å². The number of aliphatic imine (C=N–C) groups is 1. The molecule has 0 amide bonds. The van der Waals surface area contributed by atoms with E-state index in [1.165, 1.54) is 34.4 Å². The molecule has 0 bridgehead atoms. The van der Waals surface area contributed by atoms with Gasteiger partial charge in [0.25, 0.3) is 0 Å². The number of terminal acetylenes is 1. The Morgan fingerprint density at radius 3 is 2.43 bits per heavy atom. The molecule has 0 heterocycles. The molecule has 0 fully saturated rings. The van der Waals surface area contributed by atoms with Crippen LogP contribution in [0.5, 0.6) is 0 Å². The van der Waals surface area contributed by atoms with Crippen LogP contribution in [-0.2, 0) is 11.2 Å². The largest absolute Gasteiger partial charge is 0.481 e. The van der Waals surface area contributed by atoms with Gasteiger partial charge in [0.15, 0.2) is 0 Å². The molecule has 0 spiro atoms. The second kappa shape index (κ2) is 16.7. The Kier molecular flexibility index (Phi) is 14.4. The highest BCUT2D eigenvalue weighted by atomic mass is 35.5. The average molecular weight is 498 g/mol. The Morgan fingerprint density at radius 2 is 1.89 bits per heavy atom. The average Bonchev–Trinajstić information content (AvgIpc) is 3.28. The first-order chi connectivity index (χ1) is 16.7. The Labute approximate surface area is 215 Å². The normalized spacial score (nSPS) is 15.0. The van der Waals surface area contributed by atoms with Gasteiger partial charge in [-0.2, -0.15) is 0 Å². The molecule has 1 aromatic rings. The highest BCUT2D eigenvalue weighted by Gasteiger charge is 2.18. The summed E-state index contributed by atoms with van der Waals surface area (Å²) >= 11 is 5.90. The lowest BCUT2D eigenvalue weighted by molar-refractivity contribution is -0.135. The fraction of sp³-hybridized carbons (Fsp3) is 0.400. The van der Waals surface area contributed by atoms with Gasteiger partial charge in [0, 0.05) is 23.4 Å². The molecule has 0 radical (unpaired) electrons. The number of nitrogens with zero attached hydrogens (tertiary/aromatic N) is 1. The molecular formula is C30H37ClFNO2. The van der Waals surface area contributed by atoms with E-state index in [1.807, 2.05) is 26.8 Å². The topological polar surface area (TPSA) is 49.7 Å². The molecule has 0 aliphatic heterocycles. The Balaban J connectivity index is 0.000000566. The van der Waals surface area contributed by atoms with Gasteiger partial charge in [-0.25, -0.2) is 4.39 Å². The number of aliphatic carboxylic acids is 1. The number of carboxylic acids is 1. The summed E-state index contributed by atoms with van der Waals surface area (Å²) in [6.07, 6.45) is 17.4. The molecule has 0 saturated carbocycles. The smallest absolute Gasteiger partial charge is 0.309 e. The van der Waals surface area contributed by atoms with Gasteiger partial charge in [0.1, 0.15) is 5.82 Å². The zero-order valence-corrected chi connectivity index (χ0v) is 22.1. The van der Waals surface area contributed by atoms with Crippen molar-refractivity contribution in [2.24, 2.45) is 4.99 Å². The number of aryl methyl sites for hydroxylation is 1. The van der Waals surface area contributed by atoms with Crippen LogP contribution in [0, 0.1) is 18.2 Å². The predicted molar refractivity (Wildman–Crippen MR) is 146 cm³/mol. The van der Waals surface area contributed by atoms with E-state index in [9.17, 15) is 9.18 Å². The maximum atomic E-state index is 12.2. The molecule has 0 unspecified atom stereocenters. The minimum atomic E-state index is -0.860. The summed E-state index contributed by atoms with van der Waals surface area (Å²) < 4.78 is 12.2. The van der Waals surface area contributed by atoms with Crippen molar-refractivity contribution in [1.82, 2.24) is 0 Å². The number of halogens is 2. The molecule has 188 valence electrons. The second-order valence-corrected chi connectivity index (χ2v) is 9.11. The van der Waals surface area contributed by atoms with Gasteiger partial charge in [0.2, 0.25) is 0 Å². The van der Waals surface area contributed by atoms with E-state index < -0.39 is 5.97 Å². The maximum Gasteiger partial charge on any atom is 0.309 e. The molecule has 0 aromatic heterocycles. The number of rotatable bonds is 10. The van der Waals surface area contributed by atoms with Crippen LogP contribution in [0.15, 0.2) is 74.9 Å².